The quantitative estimate of drug-likeness (QED) is 0.804. The molecule has 0 saturated heterocycles. The molecule has 4 nitrogen and oxygen atoms in total. The van der Waals surface area contributed by atoms with E-state index in [-0.39, 0.29) is 12.0 Å². The lowest BCUT2D eigenvalue weighted by Crippen LogP contribution is -2.38. The predicted octanol–water partition coefficient (Wildman–Crippen LogP) is 3.38. The van der Waals surface area contributed by atoms with Gasteiger partial charge in [-0.05, 0) is 34.7 Å². The number of benzene rings is 2. The standard InChI is InChI=1S/C20H20N2O2/c1-22(12-18-10-15-4-2-3-5-17(15)13-24-18)20(23)16-7-6-14-8-9-21-19(14)11-16/h2-9,11,18,21H,10,12-13H2,1H3. The smallest absolute Gasteiger partial charge is 0.253 e. The lowest BCUT2D eigenvalue weighted by atomic mass is 9.99. The molecule has 2 aromatic carbocycles. The van der Waals surface area contributed by atoms with Gasteiger partial charge in [-0.1, -0.05) is 30.3 Å². The van der Waals surface area contributed by atoms with Crippen molar-refractivity contribution in [2.24, 2.45) is 0 Å². The Hall–Kier alpha value is -2.59. The zero-order valence-electron chi connectivity index (χ0n) is 13.7. The Bertz CT molecular complexity index is 884. The maximum atomic E-state index is 12.7. The molecule has 1 unspecified atom stereocenters. The van der Waals surface area contributed by atoms with Crippen molar-refractivity contribution in [1.29, 1.82) is 0 Å². The zero-order chi connectivity index (χ0) is 16.5. The van der Waals surface area contributed by atoms with Crippen LogP contribution in [0.3, 0.4) is 0 Å². The minimum Gasteiger partial charge on any atom is -0.371 e. The van der Waals surface area contributed by atoms with Crippen molar-refractivity contribution in [3.05, 3.63) is 71.4 Å². The van der Waals surface area contributed by atoms with E-state index in [1.807, 2.05) is 43.6 Å². The predicted molar refractivity (Wildman–Crippen MR) is 94.0 cm³/mol. The van der Waals surface area contributed by atoms with Gasteiger partial charge >= 0.3 is 0 Å². The van der Waals surface area contributed by atoms with E-state index in [4.69, 9.17) is 4.74 Å². The summed E-state index contributed by atoms with van der Waals surface area (Å²) in [6.45, 7) is 1.22. The highest BCUT2D eigenvalue weighted by atomic mass is 16.5. The normalized spacial score (nSPS) is 16.8. The van der Waals surface area contributed by atoms with Crippen molar-refractivity contribution in [2.45, 2.75) is 19.1 Å². The van der Waals surface area contributed by atoms with E-state index in [1.165, 1.54) is 11.1 Å². The van der Waals surface area contributed by atoms with Crippen molar-refractivity contribution in [3.63, 3.8) is 0 Å². The van der Waals surface area contributed by atoms with Gasteiger partial charge in [-0.25, -0.2) is 0 Å². The average molecular weight is 320 g/mol. The van der Waals surface area contributed by atoms with E-state index in [0.29, 0.717) is 18.7 Å². The highest BCUT2D eigenvalue weighted by Crippen LogP contribution is 2.21. The molecular formula is C20H20N2O2. The van der Waals surface area contributed by atoms with Crippen molar-refractivity contribution >= 4 is 16.8 Å². The number of H-pyrrole nitrogens is 1. The van der Waals surface area contributed by atoms with Crippen molar-refractivity contribution < 1.29 is 9.53 Å². The van der Waals surface area contributed by atoms with E-state index >= 15 is 0 Å². The first-order chi connectivity index (χ1) is 11.7. The Morgan fingerprint density at radius 2 is 2.04 bits per heavy atom. The van der Waals surface area contributed by atoms with Crippen LogP contribution in [0.5, 0.6) is 0 Å². The fourth-order valence-corrected chi connectivity index (χ4v) is 3.32. The van der Waals surface area contributed by atoms with E-state index in [9.17, 15) is 4.79 Å². The van der Waals surface area contributed by atoms with E-state index in [2.05, 4.69) is 23.2 Å². The Labute approximate surface area is 141 Å². The second kappa shape index (κ2) is 6.13. The van der Waals surface area contributed by atoms with Crippen LogP contribution in [0.1, 0.15) is 21.5 Å². The number of rotatable bonds is 3. The van der Waals surface area contributed by atoms with E-state index in [1.54, 1.807) is 4.90 Å². The number of nitrogens with one attached hydrogen (secondary N) is 1. The highest BCUT2D eigenvalue weighted by Gasteiger charge is 2.22. The highest BCUT2D eigenvalue weighted by molar-refractivity contribution is 5.97. The molecule has 24 heavy (non-hydrogen) atoms. The van der Waals surface area contributed by atoms with Crippen LogP contribution in [0, 0.1) is 0 Å². The summed E-state index contributed by atoms with van der Waals surface area (Å²) in [7, 11) is 1.84. The van der Waals surface area contributed by atoms with Gasteiger partial charge in [-0.2, -0.15) is 0 Å². The molecule has 4 rings (SSSR count). The van der Waals surface area contributed by atoms with Gasteiger partial charge in [-0.15, -0.1) is 0 Å². The third-order valence-corrected chi connectivity index (χ3v) is 4.67. The molecule has 0 bridgehead atoms. The Kier molecular flexibility index (Phi) is 3.82. The monoisotopic (exact) mass is 320 g/mol. The summed E-state index contributed by atoms with van der Waals surface area (Å²) in [5.74, 6) is 0.0222. The molecule has 122 valence electrons. The third kappa shape index (κ3) is 2.81. The van der Waals surface area contributed by atoms with Crippen LogP contribution in [0.4, 0.5) is 0 Å². The van der Waals surface area contributed by atoms with E-state index < -0.39 is 0 Å². The van der Waals surface area contributed by atoms with Gasteiger partial charge in [0.05, 0.1) is 12.7 Å². The largest absolute Gasteiger partial charge is 0.371 e. The number of nitrogens with zero attached hydrogens (tertiary/aromatic N) is 1. The first-order valence-electron chi connectivity index (χ1n) is 8.22. The molecule has 1 N–H and O–H groups in total. The first kappa shape index (κ1) is 15.0. The van der Waals surface area contributed by atoms with Gasteiger partial charge in [0.15, 0.2) is 0 Å². The van der Waals surface area contributed by atoms with Gasteiger partial charge in [-0.3, -0.25) is 4.79 Å². The minimum absolute atomic E-state index is 0.0222. The lowest BCUT2D eigenvalue weighted by Gasteiger charge is -2.29. The van der Waals surface area contributed by atoms with Crippen molar-refractivity contribution in [1.82, 2.24) is 9.88 Å². The first-order valence-corrected chi connectivity index (χ1v) is 8.22. The number of fused-ring (bicyclic) bond motifs is 2. The number of ether oxygens (including phenoxy) is 1. The second-order valence-corrected chi connectivity index (χ2v) is 6.37. The number of hydrogen-bond acceptors (Lipinski definition) is 2. The fraction of sp³-hybridized carbons (Fsp3) is 0.250. The Morgan fingerprint density at radius 3 is 2.92 bits per heavy atom. The molecule has 1 aliphatic rings. The van der Waals surface area contributed by atoms with Crippen LogP contribution in [0.15, 0.2) is 54.7 Å². The zero-order valence-corrected chi connectivity index (χ0v) is 13.7. The molecule has 0 saturated carbocycles. The summed E-state index contributed by atoms with van der Waals surface area (Å²) in [6.07, 6.45) is 2.78. The number of likely N-dealkylation sites (N-methyl/N-ethyl adjacent to an activating group) is 1. The molecular weight excluding hydrogens is 300 g/mol. The van der Waals surface area contributed by atoms with Gasteiger partial charge in [0.1, 0.15) is 0 Å². The topological polar surface area (TPSA) is 45.3 Å². The van der Waals surface area contributed by atoms with Gasteiger partial charge < -0.3 is 14.6 Å². The summed E-state index contributed by atoms with van der Waals surface area (Å²) in [6, 6.07) is 16.1. The van der Waals surface area contributed by atoms with Crippen molar-refractivity contribution in [2.75, 3.05) is 13.6 Å². The maximum Gasteiger partial charge on any atom is 0.253 e. The maximum absolute atomic E-state index is 12.7. The second-order valence-electron chi connectivity index (χ2n) is 6.37. The molecule has 1 atom stereocenters. The molecule has 2 heterocycles. The number of carbonyl (C=O) groups excluding carboxylic acids is 1. The van der Waals surface area contributed by atoms with Crippen LogP contribution in [-0.4, -0.2) is 35.5 Å². The molecule has 3 aromatic rings. The van der Waals surface area contributed by atoms with Gasteiger partial charge in [0.2, 0.25) is 0 Å². The van der Waals surface area contributed by atoms with Crippen LogP contribution in [-0.2, 0) is 17.8 Å². The minimum atomic E-state index is 0.0222. The number of hydrogen-bond donors (Lipinski definition) is 1. The van der Waals surface area contributed by atoms with Crippen LogP contribution in [0.25, 0.3) is 10.9 Å². The Morgan fingerprint density at radius 1 is 1.21 bits per heavy atom. The number of aromatic amines is 1. The summed E-state index contributed by atoms with van der Waals surface area (Å²) < 4.78 is 5.92. The number of carbonyl (C=O) groups is 1. The van der Waals surface area contributed by atoms with Crippen LogP contribution in [0.2, 0.25) is 0 Å². The third-order valence-electron chi connectivity index (χ3n) is 4.67. The molecule has 1 aromatic heterocycles. The Balaban J connectivity index is 1.46. The van der Waals surface area contributed by atoms with Gasteiger partial charge in [0.25, 0.3) is 5.91 Å². The molecule has 0 fully saturated rings. The van der Waals surface area contributed by atoms with Crippen LogP contribution >= 0.6 is 0 Å². The number of amides is 1. The molecule has 0 spiro atoms. The molecule has 4 heteroatoms. The summed E-state index contributed by atoms with van der Waals surface area (Å²) in [5.41, 5.74) is 4.25. The molecule has 1 aliphatic heterocycles. The van der Waals surface area contributed by atoms with E-state index in [0.717, 1.165) is 17.3 Å². The number of aromatic nitrogens is 1. The lowest BCUT2D eigenvalue weighted by molar-refractivity contribution is 0.00985. The average Bonchev–Trinajstić information content (AvgIpc) is 3.08. The molecule has 0 aliphatic carbocycles. The van der Waals surface area contributed by atoms with Crippen LogP contribution < -0.4 is 0 Å². The summed E-state index contributed by atoms with van der Waals surface area (Å²) in [5, 5.41) is 1.11. The fourth-order valence-electron chi connectivity index (χ4n) is 3.32. The van der Waals surface area contributed by atoms with Gasteiger partial charge in [0, 0.05) is 37.3 Å². The SMILES string of the molecule is CN(CC1Cc2ccccc2CO1)C(=O)c1ccc2cc[nH]c2c1. The molecule has 1 amide bonds. The summed E-state index contributed by atoms with van der Waals surface area (Å²) in [4.78, 5) is 17.6. The summed E-state index contributed by atoms with van der Waals surface area (Å²) >= 11 is 0. The molecule has 0 radical (unpaired) electrons. The van der Waals surface area contributed by atoms with Crippen molar-refractivity contribution in [3.8, 4) is 0 Å².